The van der Waals surface area contributed by atoms with E-state index in [4.69, 9.17) is 9.15 Å². The molecule has 1 aromatic heterocycles. The van der Waals surface area contributed by atoms with Crippen LogP contribution in [0.1, 0.15) is 25.5 Å². The van der Waals surface area contributed by atoms with Crippen molar-refractivity contribution in [2.45, 2.75) is 38.5 Å². The Kier molecular flexibility index (Phi) is 4.03. The molecule has 2 N–H and O–H groups in total. The molecule has 0 spiro atoms. The van der Waals surface area contributed by atoms with Gasteiger partial charge in [0.1, 0.15) is 5.76 Å². The van der Waals surface area contributed by atoms with Crippen LogP contribution in [-0.4, -0.2) is 24.8 Å². The van der Waals surface area contributed by atoms with Gasteiger partial charge in [-0.3, -0.25) is 0 Å². The topological polar surface area (TPSA) is 63.5 Å². The Labute approximate surface area is 101 Å². The molecule has 1 aliphatic heterocycles. The lowest BCUT2D eigenvalue weighted by Gasteiger charge is -2.19. The Balaban J connectivity index is 1.69. The van der Waals surface area contributed by atoms with Crippen LogP contribution in [0.3, 0.4) is 0 Å². The quantitative estimate of drug-likeness (QED) is 0.838. The first-order valence-corrected chi connectivity index (χ1v) is 5.94. The maximum absolute atomic E-state index is 11.6. The number of urea groups is 1. The third kappa shape index (κ3) is 3.49. The van der Waals surface area contributed by atoms with E-state index >= 15 is 0 Å². The fourth-order valence-electron chi connectivity index (χ4n) is 1.93. The third-order valence-electron chi connectivity index (χ3n) is 2.88. The van der Waals surface area contributed by atoms with E-state index in [1.807, 2.05) is 13.0 Å². The van der Waals surface area contributed by atoms with Crippen LogP contribution in [0.4, 0.5) is 4.79 Å². The fourth-order valence-corrected chi connectivity index (χ4v) is 1.93. The van der Waals surface area contributed by atoms with Crippen molar-refractivity contribution >= 4 is 6.03 Å². The fraction of sp³-hybridized carbons (Fsp3) is 0.583. The van der Waals surface area contributed by atoms with Gasteiger partial charge in [-0.1, -0.05) is 0 Å². The number of nitrogens with one attached hydrogen (secondary N) is 2. The van der Waals surface area contributed by atoms with Crippen LogP contribution in [-0.2, 0) is 11.3 Å². The van der Waals surface area contributed by atoms with E-state index < -0.39 is 0 Å². The molecule has 94 valence electrons. The number of rotatable bonds is 4. The van der Waals surface area contributed by atoms with Gasteiger partial charge in [-0.05, 0) is 31.9 Å². The number of hydrogen-bond acceptors (Lipinski definition) is 3. The second-order valence-corrected chi connectivity index (χ2v) is 4.25. The van der Waals surface area contributed by atoms with Crippen molar-refractivity contribution in [1.29, 1.82) is 0 Å². The summed E-state index contributed by atoms with van der Waals surface area (Å²) in [5, 5.41) is 5.61. The zero-order valence-electron chi connectivity index (χ0n) is 9.94. The predicted octanol–water partition coefficient (Wildman–Crippen LogP) is 1.65. The van der Waals surface area contributed by atoms with E-state index in [2.05, 4.69) is 10.6 Å². The zero-order chi connectivity index (χ0) is 12.1. The molecule has 5 heteroatoms. The smallest absolute Gasteiger partial charge is 0.315 e. The van der Waals surface area contributed by atoms with Crippen LogP contribution in [0.25, 0.3) is 0 Å². The highest BCUT2D eigenvalue weighted by atomic mass is 16.5. The molecule has 0 saturated carbocycles. The lowest BCUT2D eigenvalue weighted by molar-refractivity contribution is 0.0860. The highest BCUT2D eigenvalue weighted by molar-refractivity contribution is 5.74. The molecule has 0 aromatic carbocycles. The highest BCUT2D eigenvalue weighted by Crippen LogP contribution is 2.15. The molecular weight excluding hydrogens is 220 g/mol. The summed E-state index contributed by atoms with van der Waals surface area (Å²) >= 11 is 0. The van der Waals surface area contributed by atoms with Crippen LogP contribution in [0.2, 0.25) is 0 Å². The average Bonchev–Trinajstić information content (AvgIpc) is 2.99. The minimum Gasteiger partial charge on any atom is -0.467 e. The van der Waals surface area contributed by atoms with Crippen LogP contribution < -0.4 is 10.6 Å². The minimum atomic E-state index is -0.190. The summed E-state index contributed by atoms with van der Waals surface area (Å²) in [6.07, 6.45) is 3.82. The molecule has 2 atom stereocenters. The van der Waals surface area contributed by atoms with E-state index in [1.54, 1.807) is 12.3 Å². The van der Waals surface area contributed by atoms with Gasteiger partial charge in [-0.25, -0.2) is 4.79 Å². The number of furan rings is 1. The Hall–Kier alpha value is -1.49. The standard InChI is InChI=1S/C12H18N2O3/c1-9(11-5-3-7-17-11)14-12(15)13-8-10-4-2-6-16-10/h2,4,6,9,11H,3,5,7-8H2,1H3,(H2,13,14,15)/t9-,11+/m0/s1. The number of ether oxygens (including phenoxy) is 1. The van der Waals surface area contributed by atoms with Gasteiger partial charge in [-0.15, -0.1) is 0 Å². The molecular formula is C12H18N2O3. The number of amides is 2. The number of hydrogen-bond donors (Lipinski definition) is 2. The predicted molar refractivity (Wildman–Crippen MR) is 62.5 cm³/mol. The molecule has 0 unspecified atom stereocenters. The third-order valence-corrected chi connectivity index (χ3v) is 2.88. The van der Waals surface area contributed by atoms with Crippen LogP contribution in [0.15, 0.2) is 22.8 Å². The molecule has 5 nitrogen and oxygen atoms in total. The van der Waals surface area contributed by atoms with E-state index in [0.29, 0.717) is 6.54 Å². The van der Waals surface area contributed by atoms with Gasteiger partial charge in [0.05, 0.1) is 25.0 Å². The molecule has 1 fully saturated rings. The van der Waals surface area contributed by atoms with Crippen molar-refractivity contribution in [2.24, 2.45) is 0 Å². The Morgan fingerprint density at radius 3 is 3.18 bits per heavy atom. The molecule has 0 aliphatic carbocycles. The lowest BCUT2D eigenvalue weighted by Crippen LogP contribution is -2.45. The normalized spacial score (nSPS) is 21.1. The SMILES string of the molecule is C[C@H](NC(=O)NCc1ccco1)[C@H]1CCCO1. The van der Waals surface area contributed by atoms with Gasteiger partial charge in [-0.2, -0.15) is 0 Å². The summed E-state index contributed by atoms with van der Waals surface area (Å²) < 4.78 is 10.6. The second kappa shape index (κ2) is 5.72. The first-order valence-electron chi connectivity index (χ1n) is 5.94. The van der Waals surface area contributed by atoms with Crippen molar-refractivity contribution in [3.63, 3.8) is 0 Å². The lowest BCUT2D eigenvalue weighted by atomic mass is 10.1. The summed E-state index contributed by atoms with van der Waals surface area (Å²) in [7, 11) is 0. The number of carbonyl (C=O) groups excluding carboxylic acids is 1. The van der Waals surface area contributed by atoms with E-state index in [1.165, 1.54) is 0 Å². The molecule has 0 radical (unpaired) electrons. The Morgan fingerprint density at radius 1 is 1.65 bits per heavy atom. The largest absolute Gasteiger partial charge is 0.467 e. The average molecular weight is 238 g/mol. The van der Waals surface area contributed by atoms with Crippen molar-refractivity contribution in [2.75, 3.05) is 6.61 Å². The molecule has 0 bridgehead atoms. The van der Waals surface area contributed by atoms with E-state index in [0.717, 1.165) is 25.2 Å². The van der Waals surface area contributed by atoms with Gasteiger partial charge in [0.15, 0.2) is 0 Å². The first kappa shape index (κ1) is 12.0. The highest BCUT2D eigenvalue weighted by Gasteiger charge is 2.23. The van der Waals surface area contributed by atoms with Crippen molar-refractivity contribution in [3.8, 4) is 0 Å². The summed E-state index contributed by atoms with van der Waals surface area (Å²) in [4.78, 5) is 11.6. The van der Waals surface area contributed by atoms with E-state index in [9.17, 15) is 4.79 Å². The molecule has 1 aliphatic rings. The van der Waals surface area contributed by atoms with Gasteiger partial charge >= 0.3 is 6.03 Å². The molecule has 2 rings (SSSR count). The van der Waals surface area contributed by atoms with Crippen molar-refractivity contribution < 1.29 is 13.9 Å². The summed E-state index contributed by atoms with van der Waals surface area (Å²) in [5.74, 6) is 0.741. The van der Waals surface area contributed by atoms with Crippen molar-refractivity contribution in [3.05, 3.63) is 24.2 Å². The van der Waals surface area contributed by atoms with Crippen LogP contribution in [0.5, 0.6) is 0 Å². The van der Waals surface area contributed by atoms with Gasteiger partial charge < -0.3 is 19.8 Å². The van der Waals surface area contributed by atoms with Gasteiger partial charge in [0, 0.05) is 6.61 Å². The van der Waals surface area contributed by atoms with Crippen molar-refractivity contribution in [1.82, 2.24) is 10.6 Å². The Bertz CT molecular complexity index is 345. The molecule has 2 amide bonds. The van der Waals surface area contributed by atoms with E-state index in [-0.39, 0.29) is 18.2 Å². The molecule has 1 aromatic rings. The molecule has 1 saturated heterocycles. The number of carbonyl (C=O) groups is 1. The summed E-state index contributed by atoms with van der Waals surface area (Å²) in [5.41, 5.74) is 0. The minimum absolute atomic E-state index is 0.0362. The second-order valence-electron chi connectivity index (χ2n) is 4.25. The Morgan fingerprint density at radius 2 is 2.53 bits per heavy atom. The van der Waals surface area contributed by atoms with Gasteiger partial charge in [0.25, 0.3) is 0 Å². The van der Waals surface area contributed by atoms with Gasteiger partial charge in [0.2, 0.25) is 0 Å². The monoisotopic (exact) mass is 238 g/mol. The van der Waals surface area contributed by atoms with Crippen LogP contribution in [0, 0.1) is 0 Å². The first-order chi connectivity index (χ1) is 8.25. The zero-order valence-corrected chi connectivity index (χ0v) is 9.94. The maximum Gasteiger partial charge on any atom is 0.315 e. The maximum atomic E-state index is 11.6. The summed E-state index contributed by atoms with van der Waals surface area (Å²) in [6.45, 7) is 3.16. The van der Waals surface area contributed by atoms with Crippen LogP contribution >= 0.6 is 0 Å². The summed E-state index contributed by atoms with van der Waals surface area (Å²) in [6, 6.07) is 3.46. The molecule has 17 heavy (non-hydrogen) atoms. The molecule has 2 heterocycles.